The van der Waals surface area contributed by atoms with E-state index >= 15 is 0 Å². The summed E-state index contributed by atoms with van der Waals surface area (Å²) in [4.78, 5) is 0.133. The summed E-state index contributed by atoms with van der Waals surface area (Å²) in [6, 6.07) is 2.91. The van der Waals surface area contributed by atoms with E-state index in [1.54, 1.807) is 6.92 Å². The molecule has 0 bridgehead atoms. The number of hydrogen-bond acceptors (Lipinski definition) is 3. The molecular weight excluding hydrogens is 284 g/mol. The van der Waals surface area contributed by atoms with E-state index in [4.69, 9.17) is 17.3 Å². The van der Waals surface area contributed by atoms with Gasteiger partial charge in [-0.2, -0.15) is 0 Å². The molecule has 2 rings (SSSR count). The van der Waals surface area contributed by atoms with Crippen LogP contribution in [0.15, 0.2) is 17.0 Å². The van der Waals surface area contributed by atoms with E-state index in [-0.39, 0.29) is 10.4 Å². The molecular formula is C13H19ClN2O2S. The topological polar surface area (TPSA) is 72.2 Å². The monoisotopic (exact) mass is 302 g/mol. The van der Waals surface area contributed by atoms with Crippen molar-refractivity contribution in [1.29, 1.82) is 0 Å². The Balaban J connectivity index is 2.34. The Morgan fingerprint density at radius 3 is 2.42 bits per heavy atom. The molecule has 1 fully saturated rings. The summed E-state index contributed by atoms with van der Waals surface area (Å²) in [6.07, 6.45) is 3.83. The number of sulfonamides is 1. The summed E-state index contributed by atoms with van der Waals surface area (Å²) >= 11 is 6.00. The van der Waals surface area contributed by atoms with Gasteiger partial charge in [0.25, 0.3) is 0 Å². The lowest BCUT2D eigenvalue weighted by molar-refractivity contribution is 0.427. The molecule has 19 heavy (non-hydrogen) atoms. The van der Waals surface area contributed by atoms with Crippen molar-refractivity contribution >= 4 is 27.3 Å². The van der Waals surface area contributed by atoms with Gasteiger partial charge in [0.2, 0.25) is 10.0 Å². The normalized spacial score (nSPS) is 18.7. The van der Waals surface area contributed by atoms with Gasteiger partial charge in [-0.05, 0) is 44.4 Å². The van der Waals surface area contributed by atoms with E-state index in [1.165, 1.54) is 12.1 Å². The fraction of sp³-hybridized carbons (Fsp3) is 0.538. The highest BCUT2D eigenvalue weighted by molar-refractivity contribution is 7.89. The summed E-state index contributed by atoms with van der Waals surface area (Å²) in [7, 11) is -3.58. The number of anilines is 1. The van der Waals surface area contributed by atoms with Gasteiger partial charge in [-0.25, -0.2) is 13.1 Å². The molecule has 0 radical (unpaired) electrons. The van der Waals surface area contributed by atoms with Crippen molar-refractivity contribution < 1.29 is 8.42 Å². The van der Waals surface area contributed by atoms with Crippen LogP contribution >= 0.6 is 11.6 Å². The van der Waals surface area contributed by atoms with Crippen molar-refractivity contribution in [1.82, 2.24) is 4.72 Å². The SMILES string of the molecule is Cc1c(N)cc(S(=O)(=O)NC2(C)CCCC2)cc1Cl. The molecule has 1 aliphatic rings. The Bertz CT molecular complexity index is 570. The minimum Gasteiger partial charge on any atom is -0.398 e. The molecule has 6 heteroatoms. The summed E-state index contributed by atoms with van der Waals surface area (Å²) in [5.41, 5.74) is 6.52. The van der Waals surface area contributed by atoms with Crippen LogP contribution in [0.4, 0.5) is 5.69 Å². The standard InChI is InChI=1S/C13H19ClN2O2S/c1-9-11(14)7-10(8-12(9)15)19(17,18)16-13(2)5-3-4-6-13/h7-8,16H,3-6,15H2,1-2H3. The smallest absolute Gasteiger partial charge is 0.241 e. The zero-order valence-electron chi connectivity index (χ0n) is 11.2. The van der Waals surface area contributed by atoms with Gasteiger partial charge in [-0.3, -0.25) is 0 Å². The summed E-state index contributed by atoms with van der Waals surface area (Å²) in [5, 5.41) is 0.372. The molecule has 0 saturated heterocycles. The zero-order chi connectivity index (χ0) is 14.3. The average molecular weight is 303 g/mol. The lowest BCUT2D eigenvalue weighted by Gasteiger charge is -2.25. The number of nitrogen functional groups attached to an aromatic ring is 1. The Kier molecular flexibility index (Phi) is 3.82. The van der Waals surface area contributed by atoms with Crippen LogP contribution in [0, 0.1) is 6.92 Å². The van der Waals surface area contributed by atoms with E-state index in [0.29, 0.717) is 16.3 Å². The highest BCUT2D eigenvalue weighted by Gasteiger charge is 2.33. The van der Waals surface area contributed by atoms with Crippen molar-refractivity contribution in [3.63, 3.8) is 0 Å². The van der Waals surface area contributed by atoms with Crippen molar-refractivity contribution in [2.45, 2.75) is 50.0 Å². The minimum absolute atomic E-state index is 0.133. The maximum Gasteiger partial charge on any atom is 0.241 e. The molecule has 1 aromatic rings. The van der Waals surface area contributed by atoms with Gasteiger partial charge in [0.05, 0.1) is 4.90 Å². The van der Waals surface area contributed by atoms with E-state index in [9.17, 15) is 8.42 Å². The van der Waals surface area contributed by atoms with E-state index in [0.717, 1.165) is 25.7 Å². The number of nitrogens with one attached hydrogen (secondary N) is 1. The molecule has 4 nitrogen and oxygen atoms in total. The van der Waals surface area contributed by atoms with Gasteiger partial charge in [0.1, 0.15) is 0 Å². The highest BCUT2D eigenvalue weighted by atomic mass is 35.5. The van der Waals surface area contributed by atoms with Crippen LogP contribution < -0.4 is 10.5 Å². The molecule has 106 valence electrons. The van der Waals surface area contributed by atoms with Gasteiger partial charge in [-0.1, -0.05) is 24.4 Å². The van der Waals surface area contributed by atoms with E-state index < -0.39 is 10.0 Å². The zero-order valence-corrected chi connectivity index (χ0v) is 12.7. The number of nitrogens with two attached hydrogens (primary N) is 1. The molecule has 0 unspecified atom stereocenters. The maximum absolute atomic E-state index is 12.4. The first kappa shape index (κ1) is 14.6. The Morgan fingerprint density at radius 1 is 1.32 bits per heavy atom. The predicted molar refractivity (Wildman–Crippen MR) is 77.8 cm³/mol. The average Bonchev–Trinajstić information content (AvgIpc) is 2.70. The van der Waals surface area contributed by atoms with Crippen molar-refractivity contribution in [3.8, 4) is 0 Å². The third kappa shape index (κ3) is 3.04. The van der Waals surface area contributed by atoms with E-state index in [2.05, 4.69) is 4.72 Å². The second-order valence-electron chi connectivity index (χ2n) is 5.49. The Labute approximate surface area is 119 Å². The van der Waals surface area contributed by atoms with Gasteiger partial charge >= 0.3 is 0 Å². The van der Waals surface area contributed by atoms with Crippen LogP contribution in [-0.4, -0.2) is 14.0 Å². The number of rotatable bonds is 3. The maximum atomic E-state index is 12.4. The molecule has 1 aromatic carbocycles. The van der Waals surface area contributed by atoms with Crippen LogP contribution in [0.25, 0.3) is 0 Å². The third-order valence-corrected chi connectivity index (χ3v) is 5.77. The number of benzene rings is 1. The lowest BCUT2D eigenvalue weighted by atomic mass is 10.0. The third-order valence-electron chi connectivity index (χ3n) is 3.76. The van der Waals surface area contributed by atoms with Gasteiger partial charge in [0.15, 0.2) is 0 Å². The van der Waals surface area contributed by atoms with Crippen LogP contribution in [0.1, 0.15) is 38.2 Å². The van der Waals surface area contributed by atoms with Gasteiger partial charge in [0, 0.05) is 16.2 Å². The fourth-order valence-electron chi connectivity index (χ4n) is 2.47. The van der Waals surface area contributed by atoms with Crippen LogP contribution in [0.2, 0.25) is 5.02 Å². The van der Waals surface area contributed by atoms with Crippen LogP contribution in [0.5, 0.6) is 0 Å². The highest BCUT2D eigenvalue weighted by Crippen LogP contribution is 2.32. The summed E-state index contributed by atoms with van der Waals surface area (Å²) in [5.74, 6) is 0. The van der Waals surface area contributed by atoms with Gasteiger partial charge < -0.3 is 5.73 Å². The quantitative estimate of drug-likeness (QED) is 0.843. The molecule has 0 aromatic heterocycles. The second kappa shape index (κ2) is 4.96. The van der Waals surface area contributed by atoms with Crippen LogP contribution in [0.3, 0.4) is 0 Å². The van der Waals surface area contributed by atoms with Crippen molar-refractivity contribution in [2.24, 2.45) is 0 Å². The molecule has 0 aliphatic heterocycles. The largest absolute Gasteiger partial charge is 0.398 e. The Hall–Kier alpha value is -0.780. The first-order valence-electron chi connectivity index (χ1n) is 6.33. The molecule has 0 spiro atoms. The summed E-state index contributed by atoms with van der Waals surface area (Å²) < 4.78 is 27.5. The molecule has 0 heterocycles. The molecule has 1 saturated carbocycles. The number of halogens is 1. The molecule has 3 N–H and O–H groups in total. The summed E-state index contributed by atoms with van der Waals surface area (Å²) in [6.45, 7) is 3.70. The fourth-order valence-corrected chi connectivity index (χ4v) is 4.29. The predicted octanol–water partition coefficient (Wildman–Crippen LogP) is 2.84. The minimum atomic E-state index is -3.58. The van der Waals surface area contributed by atoms with Crippen LogP contribution in [-0.2, 0) is 10.0 Å². The van der Waals surface area contributed by atoms with Gasteiger partial charge in [-0.15, -0.1) is 0 Å². The molecule has 1 aliphatic carbocycles. The van der Waals surface area contributed by atoms with Crippen molar-refractivity contribution in [3.05, 3.63) is 22.7 Å². The first-order valence-corrected chi connectivity index (χ1v) is 8.19. The second-order valence-corrected chi connectivity index (χ2v) is 7.58. The van der Waals surface area contributed by atoms with Crippen molar-refractivity contribution in [2.75, 3.05) is 5.73 Å². The molecule has 0 amide bonds. The Morgan fingerprint density at radius 2 is 1.89 bits per heavy atom. The van der Waals surface area contributed by atoms with E-state index in [1.807, 2.05) is 6.92 Å². The lowest BCUT2D eigenvalue weighted by Crippen LogP contribution is -2.43. The molecule has 0 atom stereocenters. The number of hydrogen-bond donors (Lipinski definition) is 2. The first-order chi connectivity index (χ1) is 8.73.